The molecule has 1 atom stereocenters. The van der Waals surface area contributed by atoms with Crippen LogP contribution >= 0.6 is 75.0 Å². The van der Waals surface area contributed by atoms with Gasteiger partial charge in [0.15, 0.2) is 42.9 Å². The number of nitrogens with two attached hydrogens (primary N) is 1. The van der Waals surface area contributed by atoms with E-state index in [1.807, 2.05) is 94.2 Å². The number of likely N-dealkylation sites (N-methyl/N-ethyl adjacent to an activating group) is 1. The van der Waals surface area contributed by atoms with Crippen molar-refractivity contribution in [1.82, 2.24) is 49.7 Å². The summed E-state index contributed by atoms with van der Waals surface area (Å²) in [5.74, 6) is 4.12. The molecule has 760 valence electrons. The fourth-order valence-electron chi connectivity index (χ4n) is 15.1. The van der Waals surface area contributed by atoms with E-state index < -0.39 is 64.6 Å². The molecule has 8 aromatic carbocycles. The third kappa shape index (κ3) is 31.2. The number of aryl methyl sites for hydroxylation is 1. The molecule has 0 amide bonds. The number of piperazine rings is 1. The van der Waals surface area contributed by atoms with Crippen molar-refractivity contribution in [3.05, 3.63) is 220 Å². The average molecular weight is 2150 g/mol. The van der Waals surface area contributed by atoms with Crippen molar-refractivity contribution in [3.63, 3.8) is 0 Å². The van der Waals surface area contributed by atoms with E-state index in [4.69, 9.17) is 66.3 Å². The monoisotopic (exact) mass is 2150 g/mol. The van der Waals surface area contributed by atoms with Gasteiger partial charge < -0.3 is 100.0 Å². The number of para-hydroxylation sites is 4. The Hall–Kier alpha value is -10.6. The second-order valence-electron chi connectivity index (χ2n) is 35.5. The van der Waals surface area contributed by atoms with Gasteiger partial charge in [-0.2, -0.15) is 19.9 Å². The number of nitrogens with zero attached hydrogens (tertiary/aromatic N) is 12. The highest BCUT2D eigenvalue weighted by atomic mass is 35.5. The van der Waals surface area contributed by atoms with Crippen LogP contribution in [0.4, 0.5) is 104 Å². The number of ether oxygens (including phenoxy) is 3. The molecule has 34 nitrogen and oxygen atoms in total. The minimum absolute atomic E-state index is 0.103. The number of hydrogen-bond acceptors (Lipinski definition) is 34. The predicted octanol–water partition coefficient (Wildman–Crippen LogP) is 20.1. The molecular weight excluding hydrogens is 2030 g/mol. The Morgan fingerprint density at radius 3 is 1.24 bits per heavy atom. The van der Waals surface area contributed by atoms with E-state index >= 15 is 0 Å². The summed E-state index contributed by atoms with van der Waals surface area (Å²) in [5.41, 5.74) is 12.7. The van der Waals surface area contributed by atoms with E-state index in [2.05, 4.69) is 121 Å². The molecule has 4 aromatic heterocycles. The molecule has 3 fully saturated rings. The van der Waals surface area contributed by atoms with Crippen LogP contribution in [0.2, 0.25) is 20.1 Å². The highest BCUT2D eigenvalue weighted by Gasteiger charge is 2.31. The van der Waals surface area contributed by atoms with Crippen LogP contribution in [-0.4, -0.2) is 238 Å². The van der Waals surface area contributed by atoms with Crippen molar-refractivity contribution >= 4 is 226 Å². The number of anilines is 18. The summed E-state index contributed by atoms with van der Waals surface area (Å²) in [6.07, 6.45) is 10.7. The average Bonchev–Trinajstić information content (AvgIpc) is 0.797. The summed E-state index contributed by atoms with van der Waals surface area (Å²) in [4.78, 5) is 45.1. The number of sulfone groups is 2. The van der Waals surface area contributed by atoms with Gasteiger partial charge in [0.2, 0.25) is 23.8 Å². The Kier molecular flexibility index (Phi) is 39.2. The first-order chi connectivity index (χ1) is 67.1. The molecule has 0 saturated carbocycles. The number of aromatic nitrogens is 8. The summed E-state index contributed by atoms with van der Waals surface area (Å²) in [6, 6.07) is 50.7. The van der Waals surface area contributed by atoms with Crippen molar-refractivity contribution in [2.45, 2.75) is 86.4 Å². The normalized spacial score (nSPS) is 14.4. The molecule has 10 N–H and O–H groups in total. The Bertz CT molecular complexity index is 6910. The van der Waals surface area contributed by atoms with E-state index in [0.29, 0.717) is 92.1 Å². The predicted molar refractivity (Wildman–Crippen MR) is 584 cm³/mol. The third-order valence-corrected chi connectivity index (χ3v) is 35.0. The summed E-state index contributed by atoms with van der Waals surface area (Å²) >= 11 is 22.8. The molecular formula is C97H122Cl4N21O13P4S3-. The lowest BCUT2D eigenvalue weighted by atomic mass is 10.0. The maximum absolute atomic E-state index is 12.8. The van der Waals surface area contributed by atoms with Gasteiger partial charge in [-0.05, 0) is 219 Å². The lowest BCUT2D eigenvalue weighted by Crippen LogP contribution is -2.53. The van der Waals surface area contributed by atoms with Crippen LogP contribution in [0.1, 0.15) is 53.0 Å². The highest BCUT2D eigenvalue weighted by molar-refractivity contribution is 7.92. The number of rotatable bonds is 30. The fourth-order valence-corrected chi connectivity index (χ4v) is 22.7. The van der Waals surface area contributed by atoms with Gasteiger partial charge >= 0.3 is 0 Å². The van der Waals surface area contributed by atoms with Crippen LogP contribution in [0.5, 0.6) is 17.2 Å². The highest BCUT2D eigenvalue weighted by Crippen LogP contribution is 2.47. The van der Waals surface area contributed by atoms with Gasteiger partial charge in [-0.15, -0.1) is 0 Å². The minimum atomic E-state index is -3.53. The van der Waals surface area contributed by atoms with Gasteiger partial charge in [0.25, 0.3) is 0 Å². The number of hydrogen-bond donors (Lipinski definition) is 9. The summed E-state index contributed by atoms with van der Waals surface area (Å²) < 4.78 is 139. The standard InChI is InChI=1S/C30H41ClN7O2P.C25H31ClN5O4PS.C20H22ClN4O4PS.C19H20ClN4O3PS.C3H9N/c1-5-36-16-18-38(19-17-36)22-12-14-37(15-13-22)23-10-11-25(27(20-23)40-2)34-30-32-21-24(31)29(35-30)33-26-8-6-7-9-28(26)41(3,4)39;1-17(2)37(33,34)23-8-6-5-7-21(23)28-24-19(26)16-27-25(30-24)29-20-10-9-18(15-22(20)35-3)31-11-13-36(4,32)14-12-31;1-29-17-11-13(30(2,3)26)9-10-15(17)24-20-22-12-14(21)19(25-20)23-16-7-5-6-8-18(16)31(4,27)28;1-12-10-13(28(2,3)25)8-9-15(12)23-19-21-11-14(20)18(24-19)22-16-6-4-5-7-17(16)29(26)27;1-3(2)4/h6-11,20-22H,5,12-19H2,1-4H3,(H2,32,33,34,35);5-10,15-17H,11-14H2,1-4H3,(H2,27,28,29,30);5-12H,1-4H3,(H2,22,23,24,25);4-11H,1-3H3,(H,26,27)(H2,21,22,23,24);3H,4H2,1-2H3/p-1. The Labute approximate surface area is 854 Å². The first-order valence-corrected chi connectivity index (χ1v) is 61.7. The van der Waals surface area contributed by atoms with Crippen molar-refractivity contribution < 1.29 is 58.1 Å². The summed E-state index contributed by atoms with van der Waals surface area (Å²) in [7, 11) is -11.5. The van der Waals surface area contributed by atoms with Crippen LogP contribution in [0, 0.1) is 6.92 Å². The topological polar surface area (TPSA) is 443 Å². The summed E-state index contributed by atoms with van der Waals surface area (Å²) in [6.45, 7) is 32.9. The number of piperidine rings is 1. The molecule has 7 heterocycles. The molecule has 0 spiro atoms. The van der Waals surface area contributed by atoms with Crippen LogP contribution < -0.4 is 88.2 Å². The first-order valence-electron chi connectivity index (χ1n) is 45.4. The maximum atomic E-state index is 12.8. The first kappa shape index (κ1) is 112. The number of nitrogens with one attached hydrogen (secondary N) is 8. The Morgan fingerprint density at radius 1 is 0.472 bits per heavy atom. The zero-order chi connectivity index (χ0) is 103. The van der Waals surface area contributed by atoms with E-state index in [9.17, 15) is 43.9 Å². The van der Waals surface area contributed by atoms with Gasteiger partial charge in [0, 0.05) is 127 Å². The lowest BCUT2D eigenvalue weighted by molar-refractivity contribution is 0.0878. The van der Waals surface area contributed by atoms with Crippen molar-refractivity contribution in [1.29, 1.82) is 0 Å². The zero-order valence-electron chi connectivity index (χ0n) is 82.2. The fraction of sp³-hybridized carbons (Fsp3) is 0.340. The molecule has 0 radical (unpaired) electrons. The van der Waals surface area contributed by atoms with Crippen molar-refractivity contribution in [2.24, 2.45) is 5.73 Å². The van der Waals surface area contributed by atoms with E-state index in [1.165, 1.54) is 76.9 Å². The summed E-state index contributed by atoms with van der Waals surface area (Å²) in [5, 5.41) is 27.5. The van der Waals surface area contributed by atoms with Crippen LogP contribution in [0.3, 0.4) is 0 Å². The van der Waals surface area contributed by atoms with E-state index in [-0.39, 0.29) is 65.1 Å². The molecule has 0 bridgehead atoms. The maximum Gasteiger partial charge on any atom is 0.229 e. The third-order valence-electron chi connectivity index (χ3n) is 22.9. The molecule has 1 unspecified atom stereocenters. The molecule has 12 aromatic rings. The number of halogens is 4. The Morgan fingerprint density at radius 2 is 0.831 bits per heavy atom. The molecule has 15 rings (SSSR count). The van der Waals surface area contributed by atoms with Crippen LogP contribution in [0.25, 0.3) is 0 Å². The molecule has 3 saturated heterocycles. The molecule has 45 heteroatoms. The van der Waals surface area contributed by atoms with Gasteiger partial charge in [-0.25, -0.2) is 36.8 Å². The molecule has 3 aliphatic rings. The number of methoxy groups -OCH3 is 3. The Balaban J connectivity index is 0.000000180. The number of benzene rings is 8. The minimum Gasteiger partial charge on any atom is -0.768 e. The lowest BCUT2D eigenvalue weighted by Gasteiger charge is -2.43. The second kappa shape index (κ2) is 49.8. The van der Waals surface area contributed by atoms with Gasteiger partial charge in [0.05, 0.1) is 108 Å². The second-order valence-corrected chi connectivity index (χ2v) is 55.6. The largest absolute Gasteiger partial charge is 0.768 e. The van der Waals surface area contributed by atoms with Crippen molar-refractivity contribution in [3.8, 4) is 17.2 Å². The molecule has 3 aliphatic heterocycles. The van der Waals surface area contributed by atoms with E-state index in [0.717, 1.165) is 83.7 Å². The van der Waals surface area contributed by atoms with Crippen LogP contribution in [0.15, 0.2) is 209 Å². The van der Waals surface area contributed by atoms with Crippen molar-refractivity contribution in [2.75, 3.05) is 198 Å². The van der Waals surface area contributed by atoms with E-state index in [1.54, 1.807) is 153 Å². The van der Waals surface area contributed by atoms with Gasteiger partial charge in [-0.3, -0.25) is 9.11 Å². The molecule has 0 aliphatic carbocycles. The smallest absolute Gasteiger partial charge is 0.229 e. The quantitative estimate of drug-likeness (QED) is 0.0149. The van der Waals surface area contributed by atoms with Crippen LogP contribution in [-0.2, 0) is 49.0 Å². The zero-order valence-corrected chi connectivity index (χ0v) is 91.2. The van der Waals surface area contributed by atoms with Gasteiger partial charge in [-0.1, -0.05) is 116 Å². The SMILES string of the molecule is CC(C)N.CCN1CCN(C2CCN(c3ccc(Nc4ncc(Cl)c(Nc5ccccc5P(C)(C)=O)n4)c(OC)c3)CC2)CC1.COc1cc(N2CCP(C)(=O)CC2)ccc1Nc1ncc(Cl)c(Nc2ccccc2S(=O)(=O)C(C)C)n1.COc1cc(P(C)(C)=O)ccc1Nc1ncc(Cl)c(Nc2ccccc2S(C)(=O)=O)n1.Cc1cc(P(C)(C)=O)ccc1Nc1ncc(Cl)c(Nc2ccccc2S(=O)[O-])n1. The van der Waals surface area contributed by atoms with Gasteiger partial charge in [0.1, 0.15) is 58.8 Å². The molecule has 142 heavy (non-hydrogen) atoms.